The fraction of sp³-hybridized carbons (Fsp3) is 0.579. The van der Waals surface area contributed by atoms with Gasteiger partial charge in [-0.05, 0) is 43.4 Å². The van der Waals surface area contributed by atoms with E-state index in [2.05, 4.69) is 20.8 Å². The average molecular weight is 330 g/mol. The summed E-state index contributed by atoms with van der Waals surface area (Å²) >= 11 is 0. The van der Waals surface area contributed by atoms with E-state index in [-0.39, 0.29) is 28.5 Å². The second kappa shape index (κ2) is 4.52. The Balaban J connectivity index is 1.84. The van der Waals surface area contributed by atoms with Gasteiger partial charge >= 0.3 is 0 Å². The molecule has 2 fully saturated rings. The van der Waals surface area contributed by atoms with E-state index in [1.807, 2.05) is 0 Å². The van der Waals surface area contributed by atoms with Gasteiger partial charge in [0.05, 0.1) is 11.1 Å². The number of fused-ring (bicyclic) bond motifs is 3. The van der Waals surface area contributed by atoms with Crippen LogP contribution in [0.4, 0.5) is 0 Å². The van der Waals surface area contributed by atoms with Crippen molar-refractivity contribution in [2.45, 2.75) is 45.6 Å². The monoisotopic (exact) mass is 330 g/mol. The first-order chi connectivity index (χ1) is 11.2. The summed E-state index contributed by atoms with van der Waals surface area (Å²) in [6.45, 7) is 6.61. The topological polar surface area (TPSA) is 83.8 Å². The number of carbonyl (C=O) groups excluding carboxylic acids is 2. The van der Waals surface area contributed by atoms with E-state index >= 15 is 0 Å². The highest BCUT2D eigenvalue weighted by atomic mass is 16.5. The lowest BCUT2D eigenvalue weighted by atomic mass is 9.71. The Morgan fingerprint density at radius 3 is 2.33 bits per heavy atom. The van der Waals surface area contributed by atoms with E-state index in [4.69, 9.17) is 4.74 Å². The second-order valence-electron chi connectivity index (χ2n) is 8.36. The van der Waals surface area contributed by atoms with Crippen LogP contribution in [0.2, 0.25) is 0 Å². The van der Waals surface area contributed by atoms with E-state index in [9.17, 15) is 19.8 Å². The molecule has 0 aromatic heterocycles. The quantitative estimate of drug-likeness (QED) is 0.814. The van der Waals surface area contributed by atoms with Crippen LogP contribution in [0.1, 0.15) is 59.9 Å². The predicted octanol–water partition coefficient (Wildman–Crippen LogP) is 3.10. The van der Waals surface area contributed by atoms with Gasteiger partial charge in [0.1, 0.15) is 22.8 Å². The van der Waals surface area contributed by atoms with Gasteiger partial charge in [0.15, 0.2) is 12.6 Å². The summed E-state index contributed by atoms with van der Waals surface area (Å²) in [5.74, 6) is 0.970. The fourth-order valence-corrected chi connectivity index (χ4v) is 5.12. The van der Waals surface area contributed by atoms with E-state index in [0.29, 0.717) is 41.8 Å². The maximum Gasteiger partial charge on any atom is 0.157 e. The smallest absolute Gasteiger partial charge is 0.157 e. The molecule has 2 N–H and O–H groups in total. The van der Waals surface area contributed by atoms with Crippen LogP contribution in [0.15, 0.2) is 0 Å². The van der Waals surface area contributed by atoms with Gasteiger partial charge in [0, 0.05) is 11.5 Å². The van der Waals surface area contributed by atoms with E-state index in [1.54, 1.807) is 0 Å². The molecule has 128 valence electrons. The summed E-state index contributed by atoms with van der Waals surface area (Å²) in [4.78, 5) is 22.7. The van der Waals surface area contributed by atoms with E-state index in [1.165, 1.54) is 0 Å². The largest absolute Gasteiger partial charge is 0.507 e. The van der Waals surface area contributed by atoms with Crippen LogP contribution < -0.4 is 4.74 Å². The number of carbonyl (C=O) groups is 2. The number of benzene rings is 1. The van der Waals surface area contributed by atoms with Gasteiger partial charge in [-0.3, -0.25) is 9.59 Å². The van der Waals surface area contributed by atoms with Crippen molar-refractivity contribution in [3.05, 3.63) is 16.7 Å². The molecule has 0 saturated heterocycles. The summed E-state index contributed by atoms with van der Waals surface area (Å²) in [7, 11) is 0. The van der Waals surface area contributed by atoms with Crippen molar-refractivity contribution in [1.82, 2.24) is 0 Å². The molecule has 1 aromatic carbocycles. The van der Waals surface area contributed by atoms with Gasteiger partial charge in [-0.25, -0.2) is 0 Å². The van der Waals surface area contributed by atoms with Crippen LogP contribution in [0, 0.1) is 23.2 Å². The molecule has 2 saturated carbocycles. The Kier molecular flexibility index (Phi) is 2.92. The molecular weight excluding hydrogens is 308 g/mol. The number of ether oxygens (including phenoxy) is 1. The number of phenolic OH excluding ortho intramolecular Hbond substituents is 2. The van der Waals surface area contributed by atoms with Crippen LogP contribution >= 0.6 is 0 Å². The maximum absolute atomic E-state index is 11.5. The molecule has 1 heterocycles. The molecule has 0 bridgehead atoms. The van der Waals surface area contributed by atoms with Crippen molar-refractivity contribution in [2.24, 2.45) is 23.2 Å². The molecule has 4 rings (SSSR count). The third-order valence-electron chi connectivity index (χ3n) is 6.91. The number of phenols is 2. The van der Waals surface area contributed by atoms with Crippen molar-refractivity contribution in [1.29, 1.82) is 0 Å². The molecule has 1 aliphatic heterocycles. The molecule has 0 radical (unpaired) electrons. The normalized spacial score (nSPS) is 35.0. The Morgan fingerprint density at radius 1 is 1.04 bits per heavy atom. The molecule has 4 atom stereocenters. The summed E-state index contributed by atoms with van der Waals surface area (Å²) in [5.41, 5.74) is 0.0876. The second-order valence-corrected chi connectivity index (χ2v) is 8.36. The zero-order valence-corrected chi connectivity index (χ0v) is 14.1. The lowest BCUT2D eigenvalue weighted by Gasteiger charge is -2.46. The Morgan fingerprint density at radius 2 is 1.71 bits per heavy atom. The molecular formula is C19H22O5. The van der Waals surface area contributed by atoms with Crippen molar-refractivity contribution < 1.29 is 24.5 Å². The van der Waals surface area contributed by atoms with Crippen LogP contribution in [-0.4, -0.2) is 28.4 Å². The molecule has 1 aromatic rings. The van der Waals surface area contributed by atoms with Gasteiger partial charge in [0.25, 0.3) is 0 Å². The van der Waals surface area contributed by atoms with Crippen LogP contribution in [0.25, 0.3) is 0 Å². The first kappa shape index (κ1) is 15.5. The summed E-state index contributed by atoms with van der Waals surface area (Å²) < 4.78 is 6.23. The molecule has 3 aliphatic rings. The van der Waals surface area contributed by atoms with Crippen molar-refractivity contribution in [3.8, 4) is 17.2 Å². The van der Waals surface area contributed by atoms with Crippen LogP contribution in [-0.2, 0) is 6.42 Å². The lowest BCUT2D eigenvalue weighted by molar-refractivity contribution is -0.0264. The van der Waals surface area contributed by atoms with E-state index < -0.39 is 11.4 Å². The number of aromatic hydroxyl groups is 2. The zero-order valence-electron chi connectivity index (χ0n) is 14.1. The third-order valence-corrected chi connectivity index (χ3v) is 6.91. The SMILES string of the molecule is CC1(C)[C@@H]2C[C@@]3(C)Oc4c(C=O)c(O)c(C=O)c(O)c4C[C@H]3C[C@@H]21. The molecule has 24 heavy (non-hydrogen) atoms. The highest BCUT2D eigenvalue weighted by Crippen LogP contribution is 2.69. The number of aldehydes is 2. The molecule has 2 aliphatic carbocycles. The van der Waals surface area contributed by atoms with Gasteiger partial charge in [-0.1, -0.05) is 13.8 Å². The number of rotatable bonds is 2. The lowest BCUT2D eigenvalue weighted by Crippen LogP contribution is -2.48. The third kappa shape index (κ3) is 1.75. The molecule has 0 unspecified atom stereocenters. The molecule has 0 amide bonds. The standard InChI is InChI=1S/C19H22O5/c1-18(2)13-5-9-4-10-15(22)11(7-20)16(23)12(8-21)17(10)24-19(9,3)6-14(13)18/h7-9,13-14,22-23H,4-6H2,1-3H3/t9-,13-,14+,19+/m0/s1. The van der Waals surface area contributed by atoms with Gasteiger partial charge < -0.3 is 14.9 Å². The Labute approximate surface area is 140 Å². The molecule has 5 heteroatoms. The van der Waals surface area contributed by atoms with Crippen LogP contribution in [0.5, 0.6) is 17.2 Å². The van der Waals surface area contributed by atoms with E-state index in [0.717, 1.165) is 12.8 Å². The molecule has 0 spiro atoms. The highest BCUT2D eigenvalue weighted by Gasteiger charge is 2.65. The zero-order chi connectivity index (χ0) is 17.4. The van der Waals surface area contributed by atoms with Crippen molar-refractivity contribution >= 4 is 12.6 Å². The van der Waals surface area contributed by atoms with Gasteiger partial charge in [-0.15, -0.1) is 0 Å². The Hall–Kier alpha value is -2.04. The number of hydrogen-bond acceptors (Lipinski definition) is 5. The van der Waals surface area contributed by atoms with Crippen LogP contribution in [0.3, 0.4) is 0 Å². The van der Waals surface area contributed by atoms with Gasteiger partial charge in [-0.2, -0.15) is 0 Å². The number of hydrogen-bond donors (Lipinski definition) is 2. The average Bonchev–Trinajstić information content (AvgIpc) is 3.03. The summed E-state index contributed by atoms with van der Waals surface area (Å²) in [5, 5.41) is 20.5. The molecule has 5 nitrogen and oxygen atoms in total. The summed E-state index contributed by atoms with van der Waals surface area (Å²) in [6, 6.07) is 0. The fourth-order valence-electron chi connectivity index (χ4n) is 5.12. The first-order valence-corrected chi connectivity index (χ1v) is 8.44. The minimum Gasteiger partial charge on any atom is -0.507 e. The summed E-state index contributed by atoms with van der Waals surface area (Å²) in [6.07, 6.45) is 3.35. The van der Waals surface area contributed by atoms with Crippen molar-refractivity contribution in [2.75, 3.05) is 0 Å². The van der Waals surface area contributed by atoms with Gasteiger partial charge in [0.2, 0.25) is 0 Å². The predicted molar refractivity (Wildman–Crippen MR) is 86.8 cm³/mol. The maximum atomic E-state index is 11.5. The highest BCUT2D eigenvalue weighted by molar-refractivity contribution is 5.95. The minimum atomic E-state index is -0.501. The Bertz CT molecular complexity index is 766. The minimum absolute atomic E-state index is 0.0400. The first-order valence-electron chi connectivity index (χ1n) is 8.44. The van der Waals surface area contributed by atoms with Crippen molar-refractivity contribution in [3.63, 3.8) is 0 Å².